The zero-order valence-corrected chi connectivity index (χ0v) is 14.8. The van der Waals surface area contributed by atoms with Crippen LogP contribution in [0.3, 0.4) is 0 Å². The lowest BCUT2D eigenvalue weighted by molar-refractivity contribution is -0.144. The van der Waals surface area contributed by atoms with Crippen LogP contribution in [0.15, 0.2) is 65.6 Å². The van der Waals surface area contributed by atoms with Crippen molar-refractivity contribution < 1.29 is 19.1 Å². The highest BCUT2D eigenvalue weighted by molar-refractivity contribution is 7.99. The molecule has 1 N–H and O–H groups in total. The van der Waals surface area contributed by atoms with E-state index < -0.39 is 18.1 Å². The fourth-order valence-electron chi connectivity index (χ4n) is 2.01. The first kappa shape index (κ1) is 18.9. The van der Waals surface area contributed by atoms with E-state index in [0.29, 0.717) is 5.75 Å². The lowest BCUT2D eigenvalue weighted by atomic mass is 10.2. The van der Waals surface area contributed by atoms with Gasteiger partial charge in [0.25, 0.3) is 0 Å². The molecule has 6 heteroatoms. The highest BCUT2D eigenvalue weighted by atomic mass is 32.2. The number of carbonyl (C=O) groups is 2. The lowest BCUT2D eigenvalue weighted by Gasteiger charge is -2.17. The van der Waals surface area contributed by atoms with E-state index in [1.54, 1.807) is 6.92 Å². The average molecular weight is 359 g/mol. The summed E-state index contributed by atoms with van der Waals surface area (Å²) in [5, 5.41) is 2.59. The number of alkyl carbamates (subject to hydrolysis) is 1. The molecule has 2 rings (SSSR count). The van der Waals surface area contributed by atoms with Gasteiger partial charge in [-0.25, -0.2) is 9.59 Å². The van der Waals surface area contributed by atoms with E-state index in [9.17, 15) is 9.59 Å². The molecule has 0 spiro atoms. The van der Waals surface area contributed by atoms with Gasteiger partial charge in [0.1, 0.15) is 12.6 Å². The van der Waals surface area contributed by atoms with Gasteiger partial charge < -0.3 is 14.8 Å². The van der Waals surface area contributed by atoms with E-state index in [1.165, 1.54) is 11.8 Å². The second kappa shape index (κ2) is 10.4. The third kappa shape index (κ3) is 6.89. The Morgan fingerprint density at radius 1 is 1.00 bits per heavy atom. The van der Waals surface area contributed by atoms with Gasteiger partial charge in [-0.2, -0.15) is 0 Å². The number of thioether (sulfide) groups is 1. The number of hydrogen-bond acceptors (Lipinski definition) is 5. The molecule has 0 aromatic heterocycles. The zero-order valence-electron chi connectivity index (χ0n) is 14.0. The summed E-state index contributed by atoms with van der Waals surface area (Å²) in [4.78, 5) is 25.1. The van der Waals surface area contributed by atoms with Crippen LogP contribution in [-0.4, -0.2) is 30.5 Å². The molecule has 25 heavy (non-hydrogen) atoms. The Morgan fingerprint density at radius 2 is 1.64 bits per heavy atom. The molecular formula is C19H21NO4S. The first-order chi connectivity index (χ1) is 12.2. The topological polar surface area (TPSA) is 64.6 Å². The number of hydrogen-bond donors (Lipinski definition) is 1. The summed E-state index contributed by atoms with van der Waals surface area (Å²) in [6.07, 6.45) is -0.643. The van der Waals surface area contributed by atoms with Crippen LogP contribution in [0.5, 0.6) is 0 Å². The number of nitrogens with one attached hydrogen (secondary N) is 1. The minimum atomic E-state index is -0.770. The van der Waals surface area contributed by atoms with Crippen molar-refractivity contribution in [2.45, 2.75) is 24.5 Å². The second-order valence-electron chi connectivity index (χ2n) is 5.13. The lowest BCUT2D eigenvalue weighted by Crippen LogP contribution is -2.43. The minimum absolute atomic E-state index is 0.147. The van der Waals surface area contributed by atoms with Gasteiger partial charge in [0.05, 0.1) is 6.61 Å². The highest BCUT2D eigenvalue weighted by Gasteiger charge is 2.23. The van der Waals surface area contributed by atoms with Crippen molar-refractivity contribution in [2.24, 2.45) is 0 Å². The summed E-state index contributed by atoms with van der Waals surface area (Å²) in [6.45, 7) is 2.13. The first-order valence-electron chi connectivity index (χ1n) is 8.00. The molecule has 2 aromatic rings. The Bertz CT molecular complexity index is 664. The van der Waals surface area contributed by atoms with Crippen LogP contribution in [0.2, 0.25) is 0 Å². The Kier molecular flexibility index (Phi) is 7.85. The van der Waals surface area contributed by atoms with Crippen LogP contribution in [-0.2, 0) is 20.9 Å². The van der Waals surface area contributed by atoms with Gasteiger partial charge >= 0.3 is 12.1 Å². The monoisotopic (exact) mass is 359 g/mol. The molecule has 0 aliphatic heterocycles. The summed E-state index contributed by atoms with van der Waals surface area (Å²) in [7, 11) is 0. The van der Waals surface area contributed by atoms with E-state index in [1.807, 2.05) is 60.7 Å². The summed E-state index contributed by atoms with van der Waals surface area (Å²) in [6, 6.07) is 18.2. The summed E-state index contributed by atoms with van der Waals surface area (Å²) >= 11 is 1.47. The molecule has 0 aliphatic carbocycles. The van der Waals surface area contributed by atoms with Gasteiger partial charge in [0.15, 0.2) is 0 Å². The van der Waals surface area contributed by atoms with Gasteiger partial charge in [0.2, 0.25) is 0 Å². The van der Waals surface area contributed by atoms with Crippen LogP contribution in [0.1, 0.15) is 12.5 Å². The van der Waals surface area contributed by atoms with Crippen molar-refractivity contribution in [1.29, 1.82) is 0 Å². The number of ether oxygens (including phenoxy) is 2. The van der Waals surface area contributed by atoms with Gasteiger partial charge in [0, 0.05) is 10.6 Å². The van der Waals surface area contributed by atoms with Crippen molar-refractivity contribution in [3.8, 4) is 0 Å². The molecule has 0 saturated carbocycles. The maximum atomic E-state index is 12.1. The van der Waals surface area contributed by atoms with E-state index in [-0.39, 0.29) is 13.2 Å². The van der Waals surface area contributed by atoms with E-state index in [2.05, 4.69) is 5.32 Å². The molecule has 0 unspecified atom stereocenters. The van der Waals surface area contributed by atoms with Crippen LogP contribution in [0.25, 0.3) is 0 Å². The second-order valence-corrected chi connectivity index (χ2v) is 6.23. The van der Waals surface area contributed by atoms with Crippen molar-refractivity contribution in [1.82, 2.24) is 5.32 Å². The van der Waals surface area contributed by atoms with Crippen LogP contribution < -0.4 is 5.32 Å². The maximum Gasteiger partial charge on any atom is 0.408 e. The Balaban J connectivity index is 1.88. The molecule has 132 valence electrons. The quantitative estimate of drug-likeness (QED) is 0.576. The molecule has 0 bridgehead atoms. The van der Waals surface area contributed by atoms with Crippen molar-refractivity contribution in [3.63, 3.8) is 0 Å². The Morgan fingerprint density at radius 3 is 2.28 bits per heavy atom. The third-order valence-electron chi connectivity index (χ3n) is 3.24. The standard InChI is InChI=1S/C19H21NO4S/c1-2-23-18(21)17(14-25-16-11-7-4-8-12-16)20-19(22)24-13-15-9-5-3-6-10-15/h3-12,17H,2,13-14H2,1H3,(H,20,22)/t17-/m0/s1. The predicted octanol–water partition coefficient (Wildman–Crippen LogP) is 3.64. The molecule has 0 radical (unpaired) electrons. The van der Waals surface area contributed by atoms with Gasteiger partial charge in [-0.1, -0.05) is 48.5 Å². The smallest absolute Gasteiger partial charge is 0.408 e. The van der Waals surface area contributed by atoms with Crippen molar-refractivity contribution in [2.75, 3.05) is 12.4 Å². The molecule has 0 heterocycles. The number of amides is 1. The number of benzene rings is 2. The van der Waals surface area contributed by atoms with E-state index >= 15 is 0 Å². The number of carbonyl (C=O) groups excluding carboxylic acids is 2. The summed E-state index contributed by atoms with van der Waals surface area (Å²) in [5.74, 6) is -0.105. The Hall–Kier alpha value is -2.47. The zero-order chi connectivity index (χ0) is 17.9. The van der Waals surface area contributed by atoms with Crippen molar-refractivity contribution in [3.05, 3.63) is 66.2 Å². The Labute approximate surface area is 151 Å². The molecule has 0 saturated heterocycles. The van der Waals surface area contributed by atoms with Gasteiger partial charge in [-0.15, -0.1) is 11.8 Å². The fourth-order valence-corrected chi connectivity index (χ4v) is 2.94. The van der Waals surface area contributed by atoms with Crippen LogP contribution in [0.4, 0.5) is 4.79 Å². The largest absolute Gasteiger partial charge is 0.464 e. The number of rotatable bonds is 8. The molecule has 0 aliphatic rings. The normalized spacial score (nSPS) is 11.4. The predicted molar refractivity (Wildman–Crippen MR) is 97.3 cm³/mol. The van der Waals surface area contributed by atoms with E-state index in [4.69, 9.17) is 9.47 Å². The summed E-state index contributed by atoms with van der Waals surface area (Å²) < 4.78 is 10.2. The SMILES string of the molecule is CCOC(=O)[C@H](CSc1ccccc1)NC(=O)OCc1ccccc1. The molecular weight excluding hydrogens is 338 g/mol. The average Bonchev–Trinajstić information content (AvgIpc) is 2.65. The van der Waals surface area contributed by atoms with Crippen LogP contribution in [0, 0.1) is 0 Å². The third-order valence-corrected chi connectivity index (χ3v) is 4.34. The maximum absolute atomic E-state index is 12.1. The summed E-state index contributed by atoms with van der Waals surface area (Å²) in [5.41, 5.74) is 0.879. The molecule has 1 amide bonds. The first-order valence-corrected chi connectivity index (χ1v) is 8.99. The van der Waals surface area contributed by atoms with Crippen LogP contribution >= 0.6 is 11.8 Å². The number of esters is 1. The molecule has 2 aromatic carbocycles. The van der Waals surface area contributed by atoms with E-state index in [0.717, 1.165) is 10.5 Å². The van der Waals surface area contributed by atoms with Gasteiger partial charge in [-0.3, -0.25) is 0 Å². The molecule has 1 atom stereocenters. The fraction of sp³-hybridized carbons (Fsp3) is 0.263. The highest BCUT2D eigenvalue weighted by Crippen LogP contribution is 2.18. The van der Waals surface area contributed by atoms with Gasteiger partial charge in [-0.05, 0) is 24.6 Å². The molecule has 5 nitrogen and oxygen atoms in total. The minimum Gasteiger partial charge on any atom is -0.464 e. The molecule has 0 fully saturated rings. The van der Waals surface area contributed by atoms with Crippen molar-refractivity contribution >= 4 is 23.8 Å².